The summed E-state index contributed by atoms with van der Waals surface area (Å²) in [5.41, 5.74) is 7.20. The molecule has 0 aliphatic rings. The molecule has 0 spiro atoms. The van der Waals surface area contributed by atoms with Gasteiger partial charge in [0.05, 0.1) is 0 Å². The Hall–Kier alpha value is -6.18. The number of hydrogen-bond acceptors (Lipinski definition) is 6. The van der Waals surface area contributed by atoms with E-state index < -0.39 is 0 Å². The van der Waals surface area contributed by atoms with Gasteiger partial charge in [0.15, 0.2) is 0 Å². The molecule has 0 atom stereocenters. The van der Waals surface area contributed by atoms with Crippen LogP contribution in [0.15, 0.2) is 176 Å². The van der Waals surface area contributed by atoms with Gasteiger partial charge in [-0.1, -0.05) is 137 Å². The Balaban J connectivity index is 1.04. The molecule has 0 unspecified atom stereocenters. The molecule has 0 aromatic heterocycles. The zero-order valence-corrected chi connectivity index (χ0v) is 32.6. The first-order valence-corrected chi connectivity index (χ1v) is 19.7. The summed E-state index contributed by atoms with van der Waals surface area (Å²) in [5, 5.41) is 0.640. The molecule has 7 aromatic rings. The third-order valence-electron chi connectivity index (χ3n) is 8.78. The highest BCUT2D eigenvalue weighted by Gasteiger charge is 2.11. The molecule has 0 aliphatic heterocycles. The average molecular weight is 808 g/mol. The zero-order valence-electron chi connectivity index (χ0n) is 31.0. The monoisotopic (exact) mass is 806 g/mol. The molecule has 0 heterocycles. The topological polar surface area (TPSA) is 55.4 Å². The number of rotatable bonds is 19. The first kappa shape index (κ1) is 38.1. The lowest BCUT2D eigenvalue weighted by atomic mass is 10.2. The minimum absolute atomic E-state index is 0.304. The maximum absolute atomic E-state index is 6.40. The van der Waals surface area contributed by atoms with Crippen molar-refractivity contribution in [3.63, 3.8) is 0 Å². The van der Waals surface area contributed by atoms with E-state index in [0.717, 1.165) is 38.9 Å². The van der Waals surface area contributed by atoms with E-state index in [1.807, 2.05) is 176 Å². The number of hydrogen-bond donors (Lipinski definition) is 0. The van der Waals surface area contributed by atoms with Gasteiger partial charge >= 0.3 is 0 Å². The molecule has 7 rings (SSSR count). The minimum atomic E-state index is 0.304. The minimum Gasteiger partial charge on any atom is -0.489 e. The van der Waals surface area contributed by atoms with Crippen molar-refractivity contribution in [1.82, 2.24) is 0 Å². The Morgan fingerprint density at radius 1 is 0.250 bits per heavy atom. The summed E-state index contributed by atoms with van der Waals surface area (Å²) < 4.78 is 37.7. The summed E-state index contributed by atoms with van der Waals surface area (Å²) in [6.45, 7) is 2.39. The second kappa shape index (κ2) is 19.9. The molecule has 7 aromatic carbocycles. The standard InChI is InChI=1S/C49H43BrO6/c50-30-41-21-44(55-35-42-23-46(51-31-37-13-5-1-6-14-37)28-47(24-42)52-32-38-15-7-2-8-16-38)27-45(22-41)56-36-43-25-48(53-33-39-17-9-3-10-18-39)29-49(26-43)54-34-40-19-11-4-12-20-40/h1-29H,30-36H2. The van der Waals surface area contributed by atoms with E-state index in [2.05, 4.69) is 15.9 Å². The number of alkyl halides is 1. The van der Waals surface area contributed by atoms with Crippen molar-refractivity contribution in [3.05, 3.63) is 215 Å². The Morgan fingerprint density at radius 2 is 0.464 bits per heavy atom. The van der Waals surface area contributed by atoms with Gasteiger partial charge in [0.25, 0.3) is 0 Å². The van der Waals surface area contributed by atoms with Crippen molar-refractivity contribution in [2.45, 2.75) is 45.0 Å². The highest BCUT2D eigenvalue weighted by Crippen LogP contribution is 2.30. The van der Waals surface area contributed by atoms with E-state index in [1.165, 1.54) is 0 Å². The van der Waals surface area contributed by atoms with Crippen LogP contribution in [-0.4, -0.2) is 0 Å². The van der Waals surface area contributed by atoms with E-state index in [9.17, 15) is 0 Å². The maximum Gasteiger partial charge on any atom is 0.123 e. The van der Waals surface area contributed by atoms with Gasteiger partial charge in [0.1, 0.15) is 74.1 Å². The lowest BCUT2D eigenvalue weighted by Gasteiger charge is -2.15. The number of halogens is 1. The van der Waals surface area contributed by atoms with E-state index in [4.69, 9.17) is 28.4 Å². The van der Waals surface area contributed by atoms with E-state index in [1.54, 1.807) is 0 Å². The summed E-state index contributed by atoms with van der Waals surface area (Å²) in [4.78, 5) is 0. The third-order valence-corrected chi connectivity index (χ3v) is 9.43. The SMILES string of the molecule is BrCc1cc(OCc2cc(OCc3ccccc3)cc(OCc3ccccc3)c2)cc(OCc2cc(OCc3ccccc3)cc(OCc3ccccc3)c2)c1. The van der Waals surface area contributed by atoms with Gasteiger partial charge in [0, 0.05) is 23.5 Å². The fourth-order valence-electron chi connectivity index (χ4n) is 5.93. The Bertz CT molecular complexity index is 1970. The van der Waals surface area contributed by atoms with Crippen molar-refractivity contribution in [2.75, 3.05) is 0 Å². The molecule has 0 saturated carbocycles. The van der Waals surface area contributed by atoms with E-state index in [0.29, 0.717) is 79.5 Å². The molecule has 0 radical (unpaired) electrons. The largest absolute Gasteiger partial charge is 0.489 e. The summed E-state index contributed by atoms with van der Waals surface area (Å²) in [5.74, 6) is 4.20. The second-order valence-corrected chi connectivity index (χ2v) is 13.8. The summed E-state index contributed by atoms with van der Waals surface area (Å²) >= 11 is 3.62. The molecule has 0 amide bonds. The zero-order chi connectivity index (χ0) is 38.2. The molecular weight excluding hydrogens is 764 g/mol. The molecule has 0 saturated heterocycles. The van der Waals surface area contributed by atoms with Crippen molar-refractivity contribution >= 4 is 15.9 Å². The average Bonchev–Trinajstić information content (AvgIpc) is 3.26. The molecule has 0 N–H and O–H groups in total. The van der Waals surface area contributed by atoms with E-state index >= 15 is 0 Å². The number of benzene rings is 7. The molecule has 282 valence electrons. The fraction of sp³-hybridized carbons (Fsp3) is 0.143. The quantitative estimate of drug-likeness (QED) is 0.0759. The van der Waals surface area contributed by atoms with Crippen LogP contribution >= 0.6 is 15.9 Å². The van der Waals surface area contributed by atoms with Crippen LogP contribution in [0.3, 0.4) is 0 Å². The van der Waals surface area contributed by atoms with Gasteiger partial charge in [0.2, 0.25) is 0 Å². The molecular formula is C49H43BrO6. The molecule has 0 fully saturated rings. The van der Waals surface area contributed by atoms with Crippen LogP contribution in [0.5, 0.6) is 34.5 Å². The van der Waals surface area contributed by atoms with Crippen LogP contribution in [0.25, 0.3) is 0 Å². The molecule has 6 nitrogen and oxygen atoms in total. The first-order chi connectivity index (χ1) is 27.6. The Morgan fingerprint density at radius 3 is 0.696 bits per heavy atom. The predicted octanol–water partition coefficient (Wildman–Crippen LogP) is 12.1. The van der Waals surface area contributed by atoms with Crippen LogP contribution in [0, 0.1) is 0 Å². The molecule has 7 heteroatoms. The van der Waals surface area contributed by atoms with Crippen LogP contribution in [0.2, 0.25) is 0 Å². The maximum atomic E-state index is 6.40. The summed E-state index contributed by atoms with van der Waals surface area (Å²) in [6.07, 6.45) is 0. The van der Waals surface area contributed by atoms with Gasteiger partial charge in [-0.3, -0.25) is 0 Å². The van der Waals surface area contributed by atoms with Gasteiger partial charge in [-0.25, -0.2) is 0 Å². The van der Waals surface area contributed by atoms with Crippen molar-refractivity contribution in [3.8, 4) is 34.5 Å². The van der Waals surface area contributed by atoms with Crippen molar-refractivity contribution in [2.24, 2.45) is 0 Å². The van der Waals surface area contributed by atoms with Gasteiger partial charge in [-0.2, -0.15) is 0 Å². The fourth-order valence-corrected chi connectivity index (χ4v) is 6.26. The molecule has 56 heavy (non-hydrogen) atoms. The van der Waals surface area contributed by atoms with Gasteiger partial charge in [-0.05, 0) is 75.3 Å². The Kier molecular flexibility index (Phi) is 13.6. The highest BCUT2D eigenvalue weighted by molar-refractivity contribution is 9.08. The van der Waals surface area contributed by atoms with Crippen molar-refractivity contribution < 1.29 is 28.4 Å². The van der Waals surface area contributed by atoms with Gasteiger partial charge in [-0.15, -0.1) is 0 Å². The lowest BCUT2D eigenvalue weighted by molar-refractivity contribution is 0.276. The molecule has 0 bridgehead atoms. The van der Waals surface area contributed by atoms with Gasteiger partial charge < -0.3 is 28.4 Å². The second-order valence-electron chi connectivity index (χ2n) is 13.2. The summed E-state index contributed by atoms with van der Waals surface area (Å²) in [7, 11) is 0. The normalized spacial score (nSPS) is 10.7. The van der Waals surface area contributed by atoms with Crippen LogP contribution in [-0.2, 0) is 45.0 Å². The van der Waals surface area contributed by atoms with Crippen LogP contribution < -0.4 is 28.4 Å². The smallest absolute Gasteiger partial charge is 0.123 e. The Labute approximate surface area is 337 Å². The van der Waals surface area contributed by atoms with Crippen LogP contribution in [0.1, 0.15) is 38.9 Å². The van der Waals surface area contributed by atoms with E-state index in [-0.39, 0.29) is 0 Å². The summed E-state index contributed by atoms with van der Waals surface area (Å²) in [6, 6.07) is 58.2. The van der Waals surface area contributed by atoms with Crippen molar-refractivity contribution in [1.29, 1.82) is 0 Å². The number of ether oxygens (including phenoxy) is 6. The third kappa shape index (κ3) is 11.9. The highest BCUT2D eigenvalue weighted by atomic mass is 79.9. The lowest BCUT2D eigenvalue weighted by Crippen LogP contribution is -2.03. The predicted molar refractivity (Wildman–Crippen MR) is 224 cm³/mol. The van der Waals surface area contributed by atoms with Crippen LogP contribution in [0.4, 0.5) is 0 Å². The molecule has 0 aliphatic carbocycles. The first-order valence-electron chi connectivity index (χ1n) is 18.5.